The summed E-state index contributed by atoms with van der Waals surface area (Å²) in [5, 5.41) is 3.53. The SMILES string of the molecule is CC[C@H](NC(=O)c1cc(F)ccc1NS(=O)(=O)c1cccc2cccnc12)c1ccccc1.[Na]. The quantitative estimate of drug-likeness (QED) is 0.372. The van der Waals surface area contributed by atoms with Crippen LogP contribution in [-0.4, -0.2) is 48.9 Å². The normalized spacial score (nSPS) is 11.9. The van der Waals surface area contributed by atoms with Gasteiger partial charge in [-0.2, -0.15) is 0 Å². The van der Waals surface area contributed by atoms with Crippen molar-refractivity contribution in [2.75, 3.05) is 4.72 Å². The van der Waals surface area contributed by atoms with E-state index in [9.17, 15) is 17.6 Å². The van der Waals surface area contributed by atoms with E-state index in [2.05, 4.69) is 15.0 Å². The summed E-state index contributed by atoms with van der Waals surface area (Å²) in [4.78, 5) is 17.2. The number of sulfonamides is 1. The summed E-state index contributed by atoms with van der Waals surface area (Å²) in [6.07, 6.45) is 2.11. The molecule has 9 heteroatoms. The first-order chi connectivity index (χ1) is 15.9. The molecule has 0 saturated carbocycles. The van der Waals surface area contributed by atoms with Gasteiger partial charge in [0, 0.05) is 41.1 Å². The first kappa shape index (κ1) is 25.8. The molecule has 0 aliphatic rings. The molecule has 0 aliphatic carbocycles. The number of anilines is 1. The Balaban J connectivity index is 0.00000324. The third kappa shape index (κ3) is 5.64. The largest absolute Gasteiger partial charge is 0.345 e. The first-order valence-electron chi connectivity index (χ1n) is 10.4. The molecule has 1 aromatic heterocycles. The molecular formula is C25H22FN3NaO3S. The molecule has 0 fully saturated rings. The van der Waals surface area contributed by atoms with Crippen LogP contribution < -0.4 is 10.0 Å². The topological polar surface area (TPSA) is 88.2 Å². The Bertz CT molecular complexity index is 1410. The third-order valence-electron chi connectivity index (χ3n) is 5.27. The summed E-state index contributed by atoms with van der Waals surface area (Å²) < 4.78 is 42.9. The number of hydrogen-bond donors (Lipinski definition) is 2. The standard InChI is InChI=1S/C25H22FN3O3S.Na/c1-2-21(17-8-4-3-5-9-17)28-25(30)20-16-19(26)13-14-22(20)29-33(31,32)23-12-6-10-18-11-7-15-27-24(18)23;/h3-16,21,29H,2H2,1H3,(H,28,30);/t21-;/m0./s1. The molecule has 169 valence electrons. The number of carbonyl (C=O) groups excluding carboxylic acids is 1. The van der Waals surface area contributed by atoms with Crippen molar-refractivity contribution in [3.63, 3.8) is 0 Å². The van der Waals surface area contributed by atoms with Crippen LogP contribution in [0.2, 0.25) is 0 Å². The number of para-hydroxylation sites is 1. The van der Waals surface area contributed by atoms with Crippen LogP contribution in [0.15, 0.2) is 90.0 Å². The maximum Gasteiger partial charge on any atom is 0.264 e. The zero-order valence-electron chi connectivity index (χ0n) is 18.8. The molecule has 34 heavy (non-hydrogen) atoms. The van der Waals surface area contributed by atoms with Crippen molar-refractivity contribution >= 4 is 62.1 Å². The fourth-order valence-electron chi connectivity index (χ4n) is 3.63. The van der Waals surface area contributed by atoms with Crippen LogP contribution in [0.4, 0.5) is 10.1 Å². The maximum absolute atomic E-state index is 14.0. The number of aromatic nitrogens is 1. The molecule has 1 heterocycles. The second-order valence-electron chi connectivity index (χ2n) is 7.47. The van der Waals surface area contributed by atoms with Crippen molar-refractivity contribution in [3.05, 3.63) is 102 Å². The van der Waals surface area contributed by atoms with Crippen molar-refractivity contribution in [1.29, 1.82) is 0 Å². The van der Waals surface area contributed by atoms with Crippen LogP contribution in [0.1, 0.15) is 35.3 Å². The molecule has 0 aliphatic heterocycles. The van der Waals surface area contributed by atoms with Crippen LogP contribution in [-0.2, 0) is 10.0 Å². The van der Waals surface area contributed by atoms with Gasteiger partial charge >= 0.3 is 0 Å². The summed E-state index contributed by atoms with van der Waals surface area (Å²) in [5.41, 5.74) is 1.07. The second kappa shape index (κ2) is 11.1. The van der Waals surface area contributed by atoms with Gasteiger partial charge in [0.1, 0.15) is 10.7 Å². The van der Waals surface area contributed by atoms with Crippen LogP contribution in [0.5, 0.6) is 0 Å². The second-order valence-corrected chi connectivity index (χ2v) is 9.12. The molecule has 0 unspecified atom stereocenters. The van der Waals surface area contributed by atoms with Gasteiger partial charge in [-0.1, -0.05) is 55.5 Å². The number of amides is 1. The van der Waals surface area contributed by atoms with Gasteiger partial charge in [0.15, 0.2) is 0 Å². The number of halogens is 1. The molecule has 4 rings (SSSR count). The van der Waals surface area contributed by atoms with E-state index < -0.39 is 21.7 Å². The number of nitrogens with one attached hydrogen (secondary N) is 2. The summed E-state index contributed by atoms with van der Waals surface area (Å²) in [6, 6.07) is 20.7. The van der Waals surface area contributed by atoms with Gasteiger partial charge in [0.25, 0.3) is 15.9 Å². The van der Waals surface area contributed by atoms with Gasteiger partial charge in [-0.05, 0) is 42.3 Å². The molecule has 3 aromatic carbocycles. The number of nitrogens with zero attached hydrogens (tertiary/aromatic N) is 1. The predicted molar refractivity (Wildman–Crippen MR) is 132 cm³/mol. The molecule has 1 amide bonds. The minimum absolute atomic E-state index is 0. The Morgan fingerprint density at radius 1 is 1.00 bits per heavy atom. The molecular weight excluding hydrogens is 464 g/mol. The van der Waals surface area contributed by atoms with Gasteiger partial charge < -0.3 is 5.32 Å². The number of pyridine rings is 1. The first-order valence-corrected chi connectivity index (χ1v) is 11.9. The van der Waals surface area contributed by atoms with E-state index in [4.69, 9.17) is 0 Å². The van der Waals surface area contributed by atoms with Crippen molar-refractivity contribution in [2.45, 2.75) is 24.3 Å². The number of benzene rings is 3. The van der Waals surface area contributed by atoms with E-state index in [1.165, 1.54) is 18.3 Å². The molecule has 0 bridgehead atoms. The third-order valence-corrected chi connectivity index (χ3v) is 6.67. The minimum Gasteiger partial charge on any atom is -0.345 e. The average Bonchev–Trinajstić information content (AvgIpc) is 2.83. The van der Waals surface area contributed by atoms with E-state index in [1.807, 2.05) is 37.3 Å². The monoisotopic (exact) mass is 486 g/mol. The molecule has 2 N–H and O–H groups in total. The molecule has 0 saturated heterocycles. The fraction of sp³-hybridized carbons (Fsp3) is 0.120. The minimum atomic E-state index is -4.11. The Kier molecular flexibility index (Phi) is 8.43. The van der Waals surface area contributed by atoms with Crippen LogP contribution in [0.3, 0.4) is 0 Å². The summed E-state index contributed by atoms with van der Waals surface area (Å²) in [6.45, 7) is 1.92. The van der Waals surface area contributed by atoms with E-state index in [1.54, 1.807) is 24.3 Å². The molecule has 4 aromatic rings. The van der Waals surface area contributed by atoms with Crippen LogP contribution in [0, 0.1) is 5.82 Å². The molecule has 0 spiro atoms. The number of fused-ring (bicyclic) bond motifs is 1. The summed E-state index contributed by atoms with van der Waals surface area (Å²) >= 11 is 0. The van der Waals surface area contributed by atoms with Gasteiger partial charge in [-0.3, -0.25) is 14.5 Å². The molecule has 6 nitrogen and oxygen atoms in total. The van der Waals surface area contributed by atoms with Crippen molar-refractivity contribution in [3.8, 4) is 0 Å². The Labute approximate surface area is 220 Å². The van der Waals surface area contributed by atoms with Crippen LogP contribution in [0.25, 0.3) is 10.9 Å². The summed E-state index contributed by atoms with van der Waals surface area (Å²) in [7, 11) is -4.11. The van der Waals surface area contributed by atoms with Gasteiger partial charge in [0.05, 0.1) is 22.8 Å². The van der Waals surface area contributed by atoms with E-state index in [-0.39, 0.29) is 51.7 Å². The smallest absolute Gasteiger partial charge is 0.264 e. The van der Waals surface area contributed by atoms with Crippen molar-refractivity contribution < 1.29 is 17.6 Å². The summed E-state index contributed by atoms with van der Waals surface area (Å²) in [5.74, 6) is -1.23. The average molecular weight is 487 g/mol. The van der Waals surface area contributed by atoms with Crippen molar-refractivity contribution in [1.82, 2.24) is 10.3 Å². The number of carbonyl (C=O) groups is 1. The van der Waals surface area contributed by atoms with Gasteiger partial charge in [-0.15, -0.1) is 0 Å². The zero-order chi connectivity index (χ0) is 23.4. The Hall–Kier alpha value is -2.78. The molecule has 1 radical (unpaired) electrons. The van der Waals surface area contributed by atoms with Gasteiger partial charge in [0.2, 0.25) is 0 Å². The van der Waals surface area contributed by atoms with Gasteiger partial charge in [-0.25, -0.2) is 12.8 Å². The van der Waals surface area contributed by atoms with E-state index >= 15 is 0 Å². The van der Waals surface area contributed by atoms with E-state index in [0.717, 1.165) is 17.7 Å². The predicted octanol–water partition coefficient (Wildman–Crippen LogP) is 4.68. The van der Waals surface area contributed by atoms with Crippen molar-refractivity contribution in [2.24, 2.45) is 0 Å². The zero-order valence-corrected chi connectivity index (χ0v) is 21.6. The number of rotatable bonds is 7. The van der Waals surface area contributed by atoms with Crippen LogP contribution >= 0.6 is 0 Å². The molecule has 1 atom stereocenters. The Morgan fingerprint density at radius 3 is 2.47 bits per heavy atom. The maximum atomic E-state index is 14.0. The number of hydrogen-bond acceptors (Lipinski definition) is 4. The Morgan fingerprint density at radius 2 is 1.74 bits per heavy atom. The fourth-order valence-corrected chi connectivity index (χ4v) is 4.89. The van der Waals surface area contributed by atoms with E-state index in [0.29, 0.717) is 17.3 Å².